The molecule has 1 aromatic carbocycles. The van der Waals surface area contributed by atoms with E-state index in [1.165, 1.54) is 12.4 Å². The lowest BCUT2D eigenvalue weighted by Crippen LogP contribution is -2.04. The second kappa shape index (κ2) is 7.16. The molecule has 6 nitrogen and oxygen atoms in total. The molecule has 0 radical (unpaired) electrons. The Bertz CT molecular complexity index is 964. The van der Waals surface area contributed by atoms with Crippen molar-refractivity contribution in [3.05, 3.63) is 47.9 Å². The van der Waals surface area contributed by atoms with Gasteiger partial charge in [0.05, 0.1) is 17.1 Å². The summed E-state index contributed by atoms with van der Waals surface area (Å²) < 4.78 is 1.98. The molecule has 25 heavy (non-hydrogen) atoms. The van der Waals surface area contributed by atoms with E-state index in [0.29, 0.717) is 24.4 Å². The molecule has 0 amide bonds. The summed E-state index contributed by atoms with van der Waals surface area (Å²) in [6.07, 6.45) is 5.21. The molecule has 6 heteroatoms. The highest BCUT2D eigenvalue weighted by atomic mass is 16.3. The molecular formula is C19H19N5O. The summed E-state index contributed by atoms with van der Waals surface area (Å²) in [6.45, 7) is 2.67. The van der Waals surface area contributed by atoms with Gasteiger partial charge in [0.2, 0.25) is 0 Å². The van der Waals surface area contributed by atoms with Crippen LogP contribution in [0.25, 0.3) is 28.2 Å². The molecule has 3 N–H and O–H groups in total. The molecule has 0 aliphatic carbocycles. The van der Waals surface area contributed by atoms with Gasteiger partial charge in [-0.15, -0.1) is 0 Å². The number of aliphatic hydroxyl groups excluding tert-OH is 1. The van der Waals surface area contributed by atoms with Crippen molar-refractivity contribution in [1.29, 1.82) is 5.26 Å². The molecule has 3 aromatic rings. The summed E-state index contributed by atoms with van der Waals surface area (Å²) in [5.41, 5.74) is 10.7. The van der Waals surface area contributed by atoms with Crippen molar-refractivity contribution in [2.24, 2.45) is 0 Å². The average Bonchev–Trinajstić information content (AvgIpc) is 2.93. The van der Waals surface area contributed by atoms with Gasteiger partial charge in [-0.05, 0) is 25.0 Å². The number of aryl methyl sites for hydroxylation is 2. The van der Waals surface area contributed by atoms with Gasteiger partial charge >= 0.3 is 0 Å². The van der Waals surface area contributed by atoms with Gasteiger partial charge in [0.15, 0.2) is 0 Å². The van der Waals surface area contributed by atoms with Gasteiger partial charge in [0.25, 0.3) is 0 Å². The summed E-state index contributed by atoms with van der Waals surface area (Å²) in [7, 11) is 0. The minimum Gasteiger partial charge on any atom is -0.396 e. The summed E-state index contributed by atoms with van der Waals surface area (Å²) >= 11 is 0. The number of benzene rings is 1. The fourth-order valence-corrected chi connectivity index (χ4v) is 2.97. The van der Waals surface area contributed by atoms with Crippen LogP contribution >= 0.6 is 0 Å². The maximum absolute atomic E-state index is 9.23. The van der Waals surface area contributed by atoms with Crippen LogP contribution in [0.5, 0.6) is 0 Å². The van der Waals surface area contributed by atoms with Crippen LogP contribution in [0.4, 0.5) is 5.82 Å². The Hall–Kier alpha value is -3.17. The number of aliphatic hydroxyl groups is 1. The van der Waals surface area contributed by atoms with E-state index >= 15 is 0 Å². The van der Waals surface area contributed by atoms with Gasteiger partial charge in [0, 0.05) is 24.8 Å². The number of anilines is 1. The number of rotatable bonds is 5. The first-order valence-electron chi connectivity index (χ1n) is 8.04. The molecule has 0 aliphatic rings. The molecule has 0 aliphatic heterocycles. The summed E-state index contributed by atoms with van der Waals surface area (Å²) in [4.78, 5) is 8.54. The first-order chi connectivity index (χ1) is 12.2. The predicted octanol–water partition coefficient (Wildman–Crippen LogP) is 2.91. The van der Waals surface area contributed by atoms with Crippen LogP contribution in [0.3, 0.4) is 0 Å². The summed E-state index contributed by atoms with van der Waals surface area (Å²) in [5.74, 6) is 0.398. The molecule has 126 valence electrons. The van der Waals surface area contributed by atoms with E-state index in [1.54, 1.807) is 6.08 Å². The summed E-state index contributed by atoms with van der Waals surface area (Å²) in [5, 5.41) is 19.0. The number of hydrogen-bond donors (Lipinski definition) is 2. The van der Waals surface area contributed by atoms with Crippen LogP contribution in [0.1, 0.15) is 17.7 Å². The third kappa shape index (κ3) is 3.10. The Morgan fingerprint density at radius 3 is 2.72 bits per heavy atom. The van der Waals surface area contributed by atoms with Crippen molar-refractivity contribution in [3.8, 4) is 17.2 Å². The Kier molecular flexibility index (Phi) is 4.78. The van der Waals surface area contributed by atoms with Crippen molar-refractivity contribution >= 4 is 22.9 Å². The van der Waals surface area contributed by atoms with E-state index in [1.807, 2.05) is 41.8 Å². The van der Waals surface area contributed by atoms with Crippen LogP contribution in [-0.4, -0.2) is 26.2 Å². The SMILES string of the molecule is Cc1ccc(-c2c(C=CC#N)n(CCCO)c3ncnc(N)c23)cc1. The van der Waals surface area contributed by atoms with Crippen LogP contribution in [0.15, 0.2) is 36.7 Å². The number of nitrogen functional groups attached to an aromatic ring is 1. The van der Waals surface area contributed by atoms with Gasteiger partial charge in [0.1, 0.15) is 17.8 Å². The Balaban J connectivity index is 2.37. The number of nitrogens with zero attached hydrogens (tertiary/aromatic N) is 4. The van der Waals surface area contributed by atoms with E-state index in [9.17, 15) is 5.11 Å². The summed E-state index contributed by atoms with van der Waals surface area (Å²) in [6, 6.07) is 10.1. The van der Waals surface area contributed by atoms with Gasteiger partial charge in [-0.2, -0.15) is 5.26 Å². The van der Waals surface area contributed by atoms with Crippen LogP contribution < -0.4 is 5.73 Å². The minimum atomic E-state index is 0.0709. The number of allylic oxidation sites excluding steroid dienone is 1. The molecular weight excluding hydrogens is 314 g/mol. The van der Waals surface area contributed by atoms with Crippen molar-refractivity contribution in [1.82, 2.24) is 14.5 Å². The topological polar surface area (TPSA) is 101 Å². The minimum absolute atomic E-state index is 0.0709. The third-order valence-electron chi connectivity index (χ3n) is 4.11. The lowest BCUT2D eigenvalue weighted by atomic mass is 10.0. The van der Waals surface area contributed by atoms with E-state index in [-0.39, 0.29) is 6.61 Å². The van der Waals surface area contributed by atoms with Crippen molar-refractivity contribution in [3.63, 3.8) is 0 Å². The highest BCUT2D eigenvalue weighted by molar-refractivity contribution is 6.04. The maximum Gasteiger partial charge on any atom is 0.146 e. The van der Waals surface area contributed by atoms with Crippen molar-refractivity contribution in [2.75, 3.05) is 12.3 Å². The Labute approximate surface area is 145 Å². The zero-order chi connectivity index (χ0) is 17.8. The molecule has 0 saturated heterocycles. The number of aromatic nitrogens is 3. The maximum atomic E-state index is 9.23. The second-order valence-electron chi connectivity index (χ2n) is 5.78. The van der Waals surface area contributed by atoms with Gasteiger partial charge in [-0.1, -0.05) is 29.8 Å². The normalized spacial score (nSPS) is 11.2. The molecule has 0 saturated carbocycles. The Morgan fingerprint density at radius 2 is 2.04 bits per heavy atom. The van der Waals surface area contributed by atoms with Gasteiger partial charge < -0.3 is 15.4 Å². The highest BCUT2D eigenvalue weighted by Crippen LogP contribution is 2.37. The zero-order valence-electron chi connectivity index (χ0n) is 14.0. The smallest absolute Gasteiger partial charge is 0.146 e. The molecule has 2 heterocycles. The molecule has 0 spiro atoms. The first kappa shape index (κ1) is 16.7. The van der Waals surface area contributed by atoms with Gasteiger partial charge in [-0.3, -0.25) is 0 Å². The van der Waals surface area contributed by atoms with Gasteiger partial charge in [-0.25, -0.2) is 9.97 Å². The van der Waals surface area contributed by atoms with Crippen LogP contribution in [0, 0.1) is 18.3 Å². The van der Waals surface area contributed by atoms with E-state index in [4.69, 9.17) is 11.0 Å². The molecule has 0 fully saturated rings. The Morgan fingerprint density at radius 1 is 1.28 bits per heavy atom. The number of fused-ring (bicyclic) bond motifs is 1. The van der Waals surface area contributed by atoms with E-state index in [0.717, 1.165) is 27.8 Å². The monoisotopic (exact) mass is 333 g/mol. The molecule has 2 aromatic heterocycles. The van der Waals surface area contributed by atoms with E-state index in [2.05, 4.69) is 9.97 Å². The largest absolute Gasteiger partial charge is 0.396 e. The fraction of sp³-hybridized carbons (Fsp3) is 0.211. The standard InChI is InChI=1S/C19H19N5O/c1-13-5-7-14(8-6-13)16-15(4-2-9-20)24(10-3-11-25)19-17(16)18(21)22-12-23-19/h2,4-8,12,25H,3,10-11H2,1H3,(H2,21,22,23). The van der Waals surface area contributed by atoms with Crippen molar-refractivity contribution < 1.29 is 5.11 Å². The predicted molar refractivity (Wildman–Crippen MR) is 98.5 cm³/mol. The first-order valence-corrected chi connectivity index (χ1v) is 8.04. The third-order valence-corrected chi connectivity index (χ3v) is 4.11. The molecule has 3 rings (SSSR count). The number of hydrogen-bond acceptors (Lipinski definition) is 5. The zero-order valence-corrected chi connectivity index (χ0v) is 14.0. The lowest BCUT2D eigenvalue weighted by Gasteiger charge is -2.08. The lowest BCUT2D eigenvalue weighted by molar-refractivity contribution is 0.280. The molecule has 0 atom stereocenters. The second-order valence-corrected chi connectivity index (χ2v) is 5.78. The number of nitrogens with two attached hydrogens (primary N) is 1. The van der Waals surface area contributed by atoms with Crippen LogP contribution in [0.2, 0.25) is 0 Å². The molecule has 0 unspecified atom stereocenters. The van der Waals surface area contributed by atoms with Crippen molar-refractivity contribution in [2.45, 2.75) is 19.9 Å². The average molecular weight is 333 g/mol. The highest BCUT2D eigenvalue weighted by Gasteiger charge is 2.20. The van der Waals surface area contributed by atoms with Crippen LogP contribution in [-0.2, 0) is 6.54 Å². The number of nitriles is 1. The quantitative estimate of drug-likeness (QED) is 0.699. The molecule has 0 bridgehead atoms. The fourth-order valence-electron chi connectivity index (χ4n) is 2.97. The van der Waals surface area contributed by atoms with E-state index < -0.39 is 0 Å².